The highest BCUT2D eigenvalue weighted by Crippen LogP contribution is 2.63. The van der Waals surface area contributed by atoms with E-state index in [1.165, 1.54) is 96.3 Å². The van der Waals surface area contributed by atoms with Crippen LogP contribution >= 0.6 is 8.53 Å². The van der Waals surface area contributed by atoms with E-state index in [9.17, 15) is 0 Å². The largest absolute Gasteiger partial charge is 0.318 e. The van der Waals surface area contributed by atoms with Gasteiger partial charge in [0.1, 0.15) is 0 Å². The lowest BCUT2D eigenvalue weighted by atomic mass is 9.53. The van der Waals surface area contributed by atoms with Crippen molar-refractivity contribution in [3.8, 4) is 0 Å². The SMILES string of the molecule is CC1CCCC(C)N1P1OC2CCC3CCCCC3C2C2C(CCC3CCCCC32)O1. The number of piperidine rings is 1. The highest BCUT2D eigenvalue weighted by molar-refractivity contribution is 7.44. The van der Waals surface area contributed by atoms with Crippen molar-refractivity contribution >= 4 is 8.53 Å². The van der Waals surface area contributed by atoms with Crippen molar-refractivity contribution in [3.05, 3.63) is 0 Å². The van der Waals surface area contributed by atoms with Gasteiger partial charge in [0.25, 0.3) is 8.53 Å². The average Bonchev–Trinajstić information content (AvgIpc) is 2.96. The van der Waals surface area contributed by atoms with Gasteiger partial charge >= 0.3 is 0 Å². The highest BCUT2D eigenvalue weighted by Gasteiger charge is 2.56. The highest BCUT2D eigenvalue weighted by atomic mass is 31.2. The lowest BCUT2D eigenvalue weighted by molar-refractivity contribution is -0.0856. The third-order valence-electron chi connectivity index (χ3n) is 10.7. The summed E-state index contributed by atoms with van der Waals surface area (Å²) >= 11 is 0. The molecular weight excluding hydrogens is 401 g/mol. The molecule has 0 spiro atoms. The summed E-state index contributed by atoms with van der Waals surface area (Å²) in [6.45, 7) is 4.86. The van der Waals surface area contributed by atoms with Gasteiger partial charge in [0.15, 0.2) is 0 Å². The second kappa shape index (κ2) is 9.16. The number of hydrogen-bond donors (Lipinski definition) is 0. The maximum Gasteiger partial charge on any atom is 0.259 e. The molecule has 10 unspecified atom stereocenters. The van der Waals surface area contributed by atoms with Crippen molar-refractivity contribution < 1.29 is 9.05 Å². The Morgan fingerprint density at radius 1 is 0.548 bits per heavy atom. The van der Waals surface area contributed by atoms with E-state index in [2.05, 4.69) is 18.5 Å². The minimum Gasteiger partial charge on any atom is -0.318 e. The molecule has 10 atom stereocenters. The standard InChI is InChI=1S/C27H46NO2P/c1-18-8-7-9-19(2)28(18)31-29-24-16-14-20-10-3-5-12-22(20)26(24)27-23-13-6-4-11-21(23)15-17-25(27)30-31/h18-27H,3-17H2,1-2H3. The Balaban J connectivity index is 1.35. The van der Waals surface area contributed by atoms with E-state index in [1.54, 1.807) is 0 Å². The van der Waals surface area contributed by atoms with E-state index in [0.717, 1.165) is 35.5 Å². The summed E-state index contributed by atoms with van der Waals surface area (Å²) in [5, 5.41) is 0. The van der Waals surface area contributed by atoms with Gasteiger partial charge < -0.3 is 9.05 Å². The molecule has 2 heterocycles. The van der Waals surface area contributed by atoms with Crippen LogP contribution in [0.4, 0.5) is 0 Å². The fraction of sp³-hybridized carbons (Fsp3) is 1.00. The molecule has 0 radical (unpaired) electrons. The first kappa shape index (κ1) is 21.8. The quantitative estimate of drug-likeness (QED) is 0.385. The number of fused-ring (bicyclic) bond motifs is 7. The van der Waals surface area contributed by atoms with Crippen LogP contribution in [0.5, 0.6) is 0 Å². The predicted octanol–water partition coefficient (Wildman–Crippen LogP) is 7.69. The lowest BCUT2D eigenvalue weighted by Gasteiger charge is -2.53. The molecule has 176 valence electrons. The summed E-state index contributed by atoms with van der Waals surface area (Å²) in [6, 6.07) is 1.23. The van der Waals surface area contributed by atoms with Crippen LogP contribution in [0.3, 0.4) is 0 Å². The van der Waals surface area contributed by atoms with Crippen LogP contribution in [-0.4, -0.2) is 29.0 Å². The van der Waals surface area contributed by atoms with Gasteiger partial charge in [0.2, 0.25) is 0 Å². The average molecular weight is 448 g/mol. The molecule has 4 heteroatoms. The van der Waals surface area contributed by atoms with Crippen LogP contribution in [0.1, 0.15) is 110 Å². The van der Waals surface area contributed by atoms with Crippen molar-refractivity contribution in [1.82, 2.24) is 4.67 Å². The van der Waals surface area contributed by atoms with Crippen LogP contribution in [-0.2, 0) is 9.05 Å². The number of hydrogen-bond acceptors (Lipinski definition) is 3. The van der Waals surface area contributed by atoms with E-state index in [-0.39, 0.29) is 0 Å². The lowest BCUT2D eigenvalue weighted by Crippen LogP contribution is -2.51. The van der Waals surface area contributed by atoms with Gasteiger partial charge in [-0.15, -0.1) is 0 Å². The molecule has 0 aromatic carbocycles. The third-order valence-corrected chi connectivity index (χ3v) is 12.7. The molecule has 0 aromatic heterocycles. The van der Waals surface area contributed by atoms with Crippen LogP contribution in [0.2, 0.25) is 0 Å². The van der Waals surface area contributed by atoms with Gasteiger partial charge in [0, 0.05) is 12.1 Å². The fourth-order valence-corrected chi connectivity index (χ4v) is 11.4. The Bertz CT molecular complexity index is 580. The Kier molecular flexibility index (Phi) is 6.45. The summed E-state index contributed by atoms with van der Waals surface area (Å²) < 4.78 is 17.1. The zero-order chi connectivity index (χ0) is 20.9. The summed E-state index contributed by atoms with van der Waals surface area (Å²) in [5.41, 5.74) is 0. The third kappa shape index (κ3) is 3.96. The first-order valence-corrected chi connectivity index (χ1v) is 15.3. The molecular formula is C27H46NO2P. The molecule has 0 N–H and O–H groups in total. The van der Waals surface area contributed by atoms with Gasteiger partial charge in [-0.05, 0) is 101 Å². The van der Waals surface area contributed by atoms with E-state index >= 15 is 0 Å². The van der Waals surface area contributed by atoms with Crippen LogP contribution < -0.4 is 0 Å². The maximum absolute atomic E-state index is 7.18. The monoisotopic (exact) mass is 447 g/mol. The predicted molar refractivity (Wildman–Crippen MR) is 128 cm³/mol. The Morgan fingerprint density at radius 3 is 1.55 bits per heavy atom. The van der Waals surface area contributed by atoms with Crippen LogP contribution in [0.15, 0.2) is 0 Å². The van der Waals surface area contributed by atoms with Crippen molar-refractivity contribution in [1.29, 1.82) is 0 Å². The zero-order valence-electron chi connectivity index (χ0n) is 20.1. The molecule has 2 saturated heterocycles. The van der Waals surface area contributed by atoms with Crippen molar-refractivity contribution in [3.63, 3.8) is 0 Å². The van der Waals surface area contributed by atoms with E-state index in [4.69, 9.17) is 9.05 Å². The van der Waals surface area contributed by atoms with Crippen molar-refractivity contribution in [2.45, 2.75) is 134 Å². The molecule has 0 bridgehead atoms. The Morgan fingerprint density at radius 2 is 1.03 bits per heavy atom. The second-order valence-electron chi connectivity index (χ2n) is 12.3. The first-order chi connectivity index (χ1) is 15.2. The Hall–Kier alpha value is 0.310. The van der Waals surface area contributed by atoms with Crippen LogP contribution in [0.25, 0.3) is 0 Å². The molecule has 31 heavy (non-hydrogen) atoms. The molecule has 6 fully saturated rings. The Labute approximate surface area is 192 Å². The zero-order valence-corrected chi connectivity index (χ0v) is 21.0. The molecule has 3 nitrogen and oxygen atoms in total. The smallest absolute Gasteiger partial charge is 0.259 e. The normalized spacial score (nSPS) is 53.4. The van der Waals surface area contributed by atoms with Crippen molar-refractivity contribution in [2.75, 3.05) is 0 Å². The summed E-state index contributed by atoms with van der Waals surface area (Å²) in [4.78, 5) is 0. The molecule has 4 aliphatic carbocycles. The summed E-state index contributed by atoms with van der Waals surface area (Å²) in [5.74, 6) is 5.40. The van der Waals surface area contributed by atoms with Gasteiger partial charge in [0.05, 0.1) is 12.2 Å². The van der Waals surface area contributed by atoms with Gasteiger partial charge in [-0.25, -0.2) is 4.67 Å². The molecule has 0 amide bonds. The minimum atomic E-state index is -0.898. The van der Waals surface area contributed by atoms with Crippen LogP contribution in [0, 0.1) is 35.5 Å². The molecule has 2 aliphatic heterocycles. The van der Waals surface area contributed by atoms with Gasteiger partial charge in [-0.3, -0.25) is 0 Å². The number of nitrogens with zero attached hydrogens (tertiary/aromatic N) is 1. The van der Waals surface area contributed by atoms with Crippen molar-refractivity contribution in [2.24, 2.45) is 35.5 Å². The minimum absolute atomic E-state index is 0.475. The van der Waals surface area contributed by atoms with E-state index < -0.39 is 8.53 Å². The maximum atomic E-state index is 7.18. The molecule has 6 rings (SSSR count). The molecule has 0 aromatic rings. The first-order valence-electron chi connectivity index (χ1n) is 14.1. The van der Waals surface area contributed by atoms with E-state index in [1.807, 2.05) is 0 Å². The molecule has 6 aliphatic rings. The summed E-state index contributed by atoms with van der Waals surface area (Å²) in [6.07, 6.45) is 22.2. The summed E-state index contributed by atoms with van der Waals surface area (Å²) in [7, 11) is -0.898. The van der Waals surface area contributed by atoms with Gasteiger partial charge in [-0.2, -0.15) is 0 Å². The van der Waals surface area contributed by atoms with Gasteiger partial charge in [-0.1, -0.05) is 44.9 Å². The number of rotatable bonds is 1. The topological polar surface area (TPSA) is 21.7 Å². The fourth-order valence-electron chi connectivity index (χ4n) is 9.30. The van der Waals surface area contributed by atoms with E-state index in [0.29, 0.717) is 24.3 Å². The second-order valence-corrected chi connectivity index (χ2v) is 13.6. The molecule has 4 saturated carbocycles.